The summed E-state index contributed by atoms with van der Waals surface area (Å²) in [7, 11) is 0. The second-order valence-electron chi connectivity index (χ2n) is 9.59. The summed E-state index contributed by atoms with van der Waals surface area (Å²) in [6.45, 7) is 5.20. The predicted molar refractivity (Wildman–Crippen MR) is 133 cm³/mol. The number of hydrogen-bond acceptors (Lipinski definition) is 8. The Hall–Kier alpha value is -3.61. The molecule has 1 amide bonds. The maximum Gasteiger partial charge on any atom is 0.333 e. The van der Waals surface area contributed by atoms with Gasteiger partial charge in [-0.2, -0.15) is 0 Å². The largest absolute Gasteiger partial charge is 0.394 e. The first kappa shape index (κ1) is 26.5. The molecule has 198 valence electrons. The van der Waals surface area contributed by atoms with Crippen molar-refractivity contribution in [2.75, 3.05) is 6.61 Å². The Labute approximate surface area is 213 Å². The normalized spacial score (nSPS) is 20.3. The van der Waals surface area contributed by atoms with Gasteiger partial charge in [0.1, 0.15) is 24.1 Å². The van der Waals surface area contributed by atoms with Crippen LogP contribution in [0.2, 0.25) is 0 Å². The maximum atomic E-state index is 13.2. The van der Waals surface area contributed by atoms with Crippen molar-refractivity contribution in [1.82, 2.24) is 29.4 Å². The number of aromatic nitrogens is 5. The molecule has 0 bridgehead atoms. The molecule has 1 aliphatic rings. The molecule has 0 radical (unpaired) electrons. The highest BCUT2D eigenvalue weighted by atomic mass is 16.5. The molecule has 3 aromatic rings. The lowest BCUT2D eigenvalue weighted by molar-refractivity contribution is -0.126. The van der Waals surface area contributed by atoms with Gasteiger partial charge in [-0.15, -0.1) is 5.10 Å². The van der Waals surface area contributed by atoms with Crippen molar-refractivity contribution < 1.29 is 19.7 Å². The van der Waals surface area contributed by atoms with E-state index in [1.807, 2.05) is 44.2 Å². The Kier molecular flexibility index (Phi) is 8.00. The number of nitrogens with zero attached hydrogens (tertiary/aromatic N) is 5. The molecule has 0 unspecified atom stereocenters. The third kappa shape index (κ3) is 5.71. The Morgan fingerprint density at radius 1 is 1.22 bits per heavy atom. The lowest BCUT2D eigenvalue weighted by atomic mass is 10.0. The van der Waals surface area contributed by atoms with E-state index in [0.29, 0.717) is 17.8 Å². The van der Waals surface area contributed by atoms with E-state index in [1.54, 1.807) is 13.1 Å². The number of nitrogens with one attached hydrogen (secondary N) is 1. The minimum Gasteiger partial charge on any atom is -0.394 e. The van der Waals surface area contributed by atoms with Crippen molar-refractivity contribution >= 4 is 5.91 Å². The van der Waals surface area contributed by atoms with Gasteiger partial charge in [0.25, 0.3) is 5.56 Å². The number of aliphatic hydroxyl groups excluding tert-OH is 2. The van der Waals surface area contributed by atoms with Crippen LogP contribution in [0.3, 0.4) is 0 Å². The fourth-order valence-corrected chi connectivity index (χ4v) is 4.46. The maximum absolute atomic E-state index is 13.2. The van der Waals surface area contributed by atoms with Crippen LogP contribution in [0.4, 0.5) is 0 Å². The average molecular weight is 513 g/mol. The summed E-state index contributed by atoms with van der Waals surface area (Å²) in [5.41, 5.74) is 0.476. The zero-order valence-corrected chi connectivity index (χ0v) is 21.0. The van der Waals surface area contributed by atoms with Crippen molar-refractivity contribution in [3.63, 3.8) is 0 Å². The topological polar surface area (TPSA) is 154 Å². The van der Waals surface area contributed by atoms with Gasteiger partial charge in [0.05, 0.1) is 25.5 Å². The minimum atomic E-state index is -0.927. The van der Waals surface area contributed by atoms with Gasteiger partial charge in [0, 0.05) is 24.7 Å². The molecule has 1 aromatic carbocycles. The van der Waals surface area contributed by atoms with Crippen LogP contribution in [0.5, 0.6) is 0 Å². The van der Waals surface area contributed by atoms with E-state index < -0.39 is 35.7 Å². The van der Waals surface area contributed by atoms with Crippen molar-refractivity contribution in [3.8, 4) is 0 Å². The molecule has 37 heavy (non-hydrogen) atoms. The number of benzene rings is 1. The molecule has 0 saturated carbocycles. The summed E-state index contributed by atoms with van der Waals surface area (Å²) in [5.74, 6) is -0.324. The van der Waals surface area contributed by atoms with E-state index in [-0.39, 0.29) is 31.4 Å². The first-order valence-corrected chi connectivity index (χ1v) is 12.2. The Bertz CT molecular complexity index is 1350. The molecule has 3 heterocycles. The van der Waals surface area contributed by atoms with Crippen molar-refractivity contribution in [3.05, 3.63) is 80.4 Å². The SMILES string of the molecule is Cc1cn([C@H]2C[C@@H](O)[C@@H](CO)O2)c(=O)n(Cc2cn([C@H](C(=O)NCc3ccccc3)C(C)C)nn2)c1=O. The molecular formula is C25H32N6O6. The van der Waals surface area contributed by atoms with Gasteiger partial charge in [-0.1, -0.05) is 49.4 Å². The number of rotatable bonds is 9. The van der Waals surface area contributed by atoms with Crippen molar-refractivity contribution in [2.24, 2.45) is 5.92 Å². The van der Waals surface area contributed by atoms with Crippen molar-refractivity contribution in [1.29, 1.82) is 0 Å². The van der Waals surface area contributed by atoms with Gasteiger partial charge in [-0.25, -0.2) is 9.48 Å². The summed E-state index contributed by atoms with van der Waals surface area (Å²) in [6.07, 6.45) is 0.498. The van der Waals surface area contributed by atoms with E-state index in [1.165, 1.54) is 15.4 Å². The zero-order valence-electron chi connectivity index (χ0n) is 21.0. The van der Waals surface area contributed by atoms with E-state index in [4.69, 9.17) is 4.74 Å². The number of aryl methyl sites for hydroxylation is 1. The van der Waals surface area contributed by atoms with Crippen LogP contribution >= 0.6 is 0 Å². The molecule has 1 aliphatic heterocycles. The van der Waals surface area contributed by atoms with Crippen LogP contribution in [-0.4, -0.2) is 59.1 Å². The van der Waals surface area contributed by atoms with E-state index in [0.717, 1.165) is 10.1 Å². The first-order valence-electron chi connectivity index (χ1n) is 12.2. The fourth-order valence-electron chi connectivity index (χ4n) is 4.46. The standard InChI is InChI=1S/C25H32N6O6/c1-15(2)22(23(34)26-10-17-7-5-4-6-8-17)31-13-18(27-28-31)12-30-24(35)16(3)11-29(25(30)36)21-9-19(33)20(14-32)37-21/h4-8,11,13,15,19-22,32-33H,9-10,12,14H2,1-3H3,(H,26,34)/t19-,20-,21-,22+/m1/s1. The highest BCUT2D eigenvalue weighted by Crippen LogP contribution is 2.27. The van der Waals surface area contributed by atoms with Crippen LogP contribution in [0, 0.1) is 12.8 Å². The molecule has 1 saturated heterocycles. The number of amides is 1. The predicted octanol–water partition coefficient (Wildman–Crippen LogP) is 0.112. The van der Waals surface area contributed by atoms with Crippen molar-refractivity contribution in [2.45, 2.75) is 64.8 Å². The Balaban J connectivity index is 1.55. The van der Waals surface area contributed by atoms with Crippen LogP contribution in [-0.2, 0) is 22.6 Å². The van der Waals surface area contributed by atoms with E-state index in [2.05, 4.69) is 15.6 Å². The average Bonchev–Trinajstić information content (AvgIpc) is 3.49. The summed E-state index contributed by atoms with van der Waals surface area (Å²) in [6, 6.07) is 8.91. The number of carbonyl (C=O) groups is 1. The van der Waals surface area contributed by atoms with Gasteiger partial charge in [0.2, 0.25) is 5.91 Å². The van der Waals surface area contributed by atoms with Gasteiger partial charge < -0.3 is 20.3 Å². The van der Waals surface area contributed by atoms with Gasteiger partial charge >= 0.3 is 5.69 Å². The van der Waals surface area contributed by atoms with Crippen LogP contribution in [0.25, 0.3) is 0 Å². The van der Waals surface area contributed by atoms with Crippen LogP contribution in [0.1, 0.15) is 49.4 Å². The highest BCUT2D eigenvalue weighted by Gasteiger charge is 2.35. The van der Waals surface area contributed by atoms with Gasteiger partial charge in [0.15, 0.2) is 0 Å². The van der Waals surface area contributed by atoms with Gasteiger partial charge in [-0.05, 0) is 18.4 Å². The molecule has 0 spiro atoms. The Morgan fingerprint density at radius 2 is 1.95 bits per heavy atom. The summed E-state index contributed by atoms with van der Waals surface area (Å²) < 4.78 is 9.31. The second-order valence-corrected chi connectivity index (χ2v) is 9.59. The highest BCUT2D eigenvalue weighted by molar-refractivity contribution is 5.80. The third-order valence-corrected chi connectivity index (χ3v) is 6.43. The molecule has 1 fully saturated rings. The monoisotopic (exact) mass is 512 g/mol. The van der Waals surface area contributed by atoms with Gasteiger partial charge in [-0.3, -0.25) is 18.7 Å². The first-order chi connectivity index (χ1) is 17.7. The lowest BCUT2D eigenvalue weighted by Gasteiger charge is -2.20. The second kappa shape index (κ2) is 11.2. The zero-order chi connectivity index (χ0) is 26.7. The van der Waals surface area contributed by atoms with Crippen LogP contribution in [0.15, 0.2) is 52.3 Å². The molecule has 2 aromatic heterocycles. The molecule has 3 N–H and O–H groups in total. The number of hydrogen-bond donors (Lipinski definition) is 3. The number of carbonyl (C=O) groups excluding carboxylic acids is 1. The molecule has 4 atom stereocenters. The van der Waals surface area contributed by atoms with E-state index >= 15 is 0 Å². The minimum absolute atomic E-state index is 0.102. The number of ether oxygens (including phenoxy) is 1. The summed E-state index contributed by atoms with van der Waals surface area (Å²) >= 11 is 0. The fraction of sp³-hybridized carbons (Fsp3) is 0.480. The molecular weight excluding hydrogens is 480 g/mol. The molecule has 12 heteroatoms. The third-order valence-electron chi connectivity index (χ3n) is 6.43. The molecule has 4 rings (SSSR count). The van der Waals surface area contributed by atoms with Crippen LogP contribution < -0.4 is 16.6 Å². The number of aliphatic hydroxyl groups is 2. The summed E-state index contributed by atoms with van der Waals surface area (Å²) in [5, 5.41) is 30.6. The summed E-state index contributed by atoms with van der Waals surface area (Å²) in [4.78, 5) is 39.0. The quantitative estimate of drug-likeness (QED) is 0.365. The smallest absolute Gasteiger partial charge is 0.333 e. The lowest BCUT2D eigenvalue weighted by Crippen LogP contribution is -2.42. The molecule has 12 nitrogen and oxygen atoms in total. The Morgan fingerprint density at radius 3 is 2.59 bits per heavy atom. The molecule has 0 aliphatic carbocycles. The van der Waals surface area contributed by atoms with E-state index in [9.17, 15) is 24.6 Å².